The van der Waals surface area contributed by atoms with Crippen LogP contribution in [0.2, 0.25) is 0 Å². The van der Waals surface area contributed by atoms with Gasteiger partial charge < -0.3 is 24.9 Å². The predicted molar refractivity (Wildman–Crippen MR) is 75.7 cm³/mol. The van der Waals surface area contributed by atoms with Crippen LogP contribution in [0, 0.1) is 5.92 Å². The number of urea groups is 1. The number of fused-ring (bicyclic) bond motifs is 1. The van der Waals surface area contributed by atoms with Gasteiger partial charge in [0.2, 0.25) is 0 Å². The molecule has 1 aromatic heterocycles. The Morgan fingerprint density at radius 3 is 3.14 bits per heavy atom. The second-order valence-corrected chi connectivity index (χ2v) is 5.78. The Bertz CT molecular complexity index is 462. The van der Waals surface area contributed by atoms with E-state index in [-0.39, 0.29) is 18.6 Å². The SMILES string of the molecule is O=C(NCC(O)c1ccco1)NC1CCCC2OCCC12. The van der Waals surface area contributed by atoms with Crippen LogP contribution >= 0.6 is 0 Å². The number of aliphatic hydroxyl groups excluding tert-OH is 1. The third-order valence-corrected chi connectivity index (χ3v) is 4.43. The zero-order valence-corrected chi connectivity index (χ0v) is 12.0. The highest BCUT2D eigenvalue weighted by Gasteiger charge is 2.38. The first-order valence-corrected chi connectivity index (χ1v) is 7.61. The highest BCUT2D eigenvalue weighted by molar-refractivity contribution is 5.74. The zero-order chi connectivity index (χ0) is 14.7. The molecule has 1 aliphatic carbocycles. The molecule has 1 saturated heterocycles. The van der Waals surface area contributed by atoms with Gasteiger partial charge in [-0.25, -0.2) is 4.79 Å². The fourth-order valence-corrected chi connectivity index (χ4v) is 3.35. The lowest BCUT2D eigenvalue weighted by Gasteiger charge is -2.33. The summed E-state index contributed by atoms with van der Waals surface area (Å²) in [7, 11) is 0. The summed E-state index contributed by atoms with van der Waals surface area (Å²) >= 11 is 0. The van der Waals surface area contributed by atoms with E-state index in [4.69, 9.17) is 9.15 Å². The topological polar surface area (TPSA) is 83.7 Å². The maximum absolute atomic E-state index is 12.0. The van der Waals surface area contributed by atoms with Crippen molar-refractivity contribution in [2.24, 2.45) is 5.92 Å². The normalized spacial score (nSPS) is 29.7. The Balaban J connectivity index is 1.45. The largest absolute Gasteiger partial charge is 0.467 e. The molecule has 4 unspecified atom stereocenters. The van der Waals surface area contributed by atoms with Crippen molar-refractivity contribution in [3.63, 3.8) is 0 Å². The van der Waals surface area contributed by atoms with Gasteiger partial charge in [0, 0.05) is 18.6 Å². The van der Waals surface area contributed by atoms with Gasteiger partial charge in [-0.1, -0.05) is 0 Å². The molecule has 1 aromatic rings. The summed E-state index contributed by atoms with van der Waals surface area (Å²) in [5, 5.41) is 15.6. The Morgan fingerprint density at radius 1 is 1.43 bits per heavy atom. The molecule has 0 spiro atoms. The Morgan fingerprint density at radius 2 is 2.33 bits per heavy atom. The number of amides is 2. The van der Waals surface area contributed by atoms with E-state index in [9.17, 15) is 9.90 Å². The lowest BCUT2D eigenvalue weighted by molar-refractivity contribution is 0.0548. The maximum atomic E-state index is 12.0. The van der Waals surface area contributed by atoms with Gasteiger partial charge in [-0.2, -0.15) is 0 Å². The number of rotatable bonds is 4. The van der Waals surface area contributed by atoms with Crippen LogP contribution in [-0.4, -0.2) is 36.4 Å². The van der Waals surface area contributed by atoms with Crippen molar-refractivity contribution in [1.82, 2.24) is 10.6 Å². The molecule has 6 heteroatoms. The van der Waals surface area contributed by atoms with E-state index in [1.54, 1.807) is 12.1 Å². The van der Waals surface area contributed by atoms with Gasteiger partial charge in [0.15, 0.2) is 0 Å². The summed E-state index contributed by atoms with van der Waals surface area (Å²) in [6.45, 7) is 0.934. The van der Waals surface area contributed by atoms with Crippen molar-refractivity contribution in [1.29, 1.82) is 0 Å². The summed E-state index contributed by atoms with van der Waals surface area (Å²) in [6.07, 6.45) is 5.19. The summed E-state index contributed by atoms with van der Waals surface area (Å²) in [6, 6.07) is 3.33. The summed E-state index contributed by atoms with van der Waals surface area (Å²) in [5.41, 5.74) is 0. The highest BCUT2D eigenvalue weighted by Crippen LogP contribution is 2.34. The van der Waals surface area contributed by atoms with E-state index in [1.807, 2.05) is 0 Å². The number of carbonyl (C=O) groups excluding carboxylic acids is 1. The molecule has 2 amide bonds. The van der Waals surface area contributed by atoms with Crippen LogP contribution in [0.5, 0.6) is 0 Å². The smallest absolute Gasteiger partial charge is 0.315 e. The van der Waals surface area contributed by atoms with E-state index >= 15 is 0 Å². The van der Waals surface area contributed by atoms with Crippen LogP contribution in [-0.2, 0) is 4.74 Å². The van der Waals surface area contributed by atoms with E-state index < -0.39 is 6.10 Å². The first-order chi connectivity index (χ1) is 10.2. The summed E-state index contributed by atoms with van der Waals surface area (Å²) in [5.74, 6) is 0.886. The van der Waals surface area contributed by atoms with Crippen LogP contribution in [0.1, 0.15) is 37.5 Å². The van der Waals surface area contributed by atoms with Crippen molar-refractivity contribution >= 4 is 6.03 Å². The Hall–Kier alpha value is -1.53. The zero-order valence-electron chi connectivity index (χ0n) is 12.0. The van der Waals surface area contributed by atoms with Gasteiger partial charge >= 0.3 is 6.03 Å². The molecule has 3 N–H and O–H groups in total. The number of hydrogen-bond acceptors (Lipinski definition) is 4. The van der Waals surface area contributed by atoms with Crippen molar-refractivity contribution in [3.05, 3.63) is 24.2 Å². The average Bonchev–Trinajstić information content (AvgIpc) is 3.16. The van der Waals surface area contributed by atoms with Gasteiger partial charge in [-0.15, -0.1) is 0 Å². The van der Waals surface area contributed by atoms with Crippen molar-refractivity contribution in [3.8, 4) is 0 Å². The fraction of sp³-hybridized carbons (Fsp3) is 0.667. The molecule has 21 heavy (non-hydrogen) atoms. The van der Waals surface area contributed by atoms with Crippen LogP contribution in [0.3, 0.4) is 0 Å². The van der Waals surface area contributed by atoms with Gasteiger partial charge in [-0.3, -0.25) is 0 Å². The van der Waals surface area contributed by atoms with Crippen molar-refractivity contribution in [2.75, 3.05) is 13.2 Å². The molecule has 4 atom stereocenters. The number of furan rings is 1. The molecule has 3 rings (SSSR count). The Kier molecular flexibility index (Phi) is 4.45. The van der Waals surface area contributed by atoms with E-state index in [0.717, 1.165) is 32.3 Å². The minimum atomic E-state index is -0.820. The van der Waals surface area contributed by atoms with Gasteiger partial charge in [-0.05, 0) is 37.8 Å². The third-order valence-electron chi connectivity index (χ3n) is 4.43. The molecular formula is C15H22N2O4. The number of aliphatic hydroxyl groups is 1. The first-order valence-electron chi connectivity index (χ1n) is 7.61. The summed E-state index contributed by atoms with van der Waals surface area (Å²) in [4.78, 5) is 12.0. The van der Waals surface area contributed by atoms with Crippen molar-refractivity contribution in [2.45, 2.75) is 43.9 Å². The van der Waals surface area contributed by atoms with Crippen LogP contribution in [0.15, 0.2) is 22.8 Å². The van der Waals surface area contributed by atoms with E-state index in [1.165, 1.54) is 6.26 Å². The standard InChI is InChI=1S/C15H22N2O4/c18-12(14-5-2-7-20-14)9-16-15(19)17-11-3-1-4-13-10(11)6-8-21-13/h2,5,7,10-13,18H,1,3-4,6,8-9H2,(H2,16,17,19). The lowest BCUT2D eigenvalue weighted by atomic mass is 9.82. The van der Waals surface area contributed by atoms with Gasteiger partial charge in [0.05, 0.1) is 18.9 Å². The fourth-order valence-electron chi connectivity index (χ4n) is 3.35. The van der Waals surface area contributed by atoms with E-state index in [0.29, 0.717) is 17.8 Å². The van der Waals surface area contributed by atoms with Gasteiger partial charge in [0.1, 0.15) is 11.9 Å². The molecule has 1 saturated carbocycles. The van der Waals surface area contributed by atoms with Crippen LogP contribution in [0.4, 0.5) is 4.79 Å². The number of hydrogen-bond donors (Lipinski definition) is 3. The average molecular weight is 294 g/mol. The second-order valence-electron chi connectivity index (χ2n) is 5.78. The molecule has 6 nitrogen and oxygen atoms in total. The number of nitrogens with one attached hydrogen (secondary N) is 2. The molecule has 116 valence electrons. The van der Waals surface area contributed by atoms with Gasteiger partial charge in [0.25, 0.3) is 0 Å². The molecule has 0 aromatic carbocycles. The highest BCUT2D eigenvalue weighted by atomic mass is 16.5. The van der Waals surface area contributed by atoms with Crippen molar-refractivity contribution < 1.29 is 19.1 Å². The lowest BCUT2D eigenvalue weighted by Crippen LogP contribution is -2.49. The van der Waals surface area contributed by atoms with Crippen LogP contribution < -0.4 is 10.6 Å². The number of ether oxygens (including phenoxy) is 1. The second kappa shape index (κ2) is 6.49. The van der Waals surface area contributed by atoms with Crippen LogP contribution in [0.25, 0.3) is 0 Å². The first kappa shape index (κ1) is 14.4. The molecule has 0 bridgehead atoms. The molecular weight excluding hydrogens is 272 g/mol. The molecule has 2 aliphatic rings. The molecule has 2 fully saturated rings. The predicted octanol–water partition coefficient (Wildman–Crippen LogP) is 1.57. The van der Waals surface area contributed by atoms with E-state index in [2.05, 4.69) is 10.6 Å². The minimum absolute atomic E-state index is 0.136. The monoisotopic (exact) mass is 294 g/mol. The molecule has 0 radical (unpaired) electrons. The minimum Gasteiger partial charge on any atom is -0.467 e. The molecule has 2 heterocycles. The molecule has 1 aliphatic heterocycles. The Labute approximate surface area is 123 Å². The summed E-state index contributed by atoms with van der Waals surface area (Å²) < 4.78 is 10.8. The third kappa shape index (κ3) is 3.39. The maximum Gasteiger partial charge on any atom is 0.315 e. The quantitative estimate of drug-likeness (QED) is 0.787. The number of carbonyl (C=O) groups is 1.